The zero-order valence-corrected chi connectivity index (χ0v) is 6.06. The smallest absolute Gasteiger partial charge is 0.404 e. The Bertz CT molecular complexity index is 192. The molecule has 1 rings (SSSR count). The van der Waals surface area contributed by atoms with E-state index in [0.29, 0.717) is 0 Å². The number of nitrogens with one attached hydrogen (secondary N) is 1. The zero-order valence-electron chi connectivity index (χ0n) is 6.06. The van der Waals surface area contributed by atoms with Crippen LogP contribution in [0, 0.1) is 5.92 Å². The van der Waals surface area contributed by atoms with Gasteiger partial charge in [0.25, 0.3) is 0 Å². The molecule has 1 saturated heterocycles. The molecule has 2 N–H and O–H groups in total. The van der Waals surface area contributed by atoms with E-state index in [-0.39, 0.29) is 13.0 Å². The van der Waals surface area contributed by atoms with Crippen LogP contribution in [0.15, 0.2) is 0 Å². The van der Waals surface area contributed by atoms with Crippen LogP contribution in [0.1, 0.15) is 6.42 Å². The van der Waals surface area contributed by atoms with Gasteiger partial charge in [-0.15, -0.1) is 0 Å². The molecule has 1 fully saturated rings. The monoisotopic (exact) mass is 183 g/mol. The zero-order chi connectivity index (χ0) is 9.35. The van der Waals surface area contributed by atoms with Crippen molar-refractivity contribution in [3.05, 3.63) is 0 Å². The van der Waals surface area contributed by atoms with Crippen LogP contribution in [0.4, 0.5) is 13.2 Å². The number of carboxylic acid groups (broad SMARTS) is 1. The van der Waals surface area contributed by atoms with Crippen molar-refractivity contribution in [2.75, 3.05) is 6.54 Å². The molecule has 0 aromatic rings. The third kappa shape index (κ3) is 1.69. The summed E-state index contributed by atoms with van der Waals surface area (Å²) in [6.45, 7) is 0.112. The summed E-state index contributed by atoms with van der Waals surface area (Å²) in [6, 6.07) is -1.88. The lowest BCUT2D eigenvalue weighted by Crippen LogP contribution is -2.44. The molecular weight excluding hydrogens is 175 g/mol. The lowest BCUT2D eigenvalue weighted by Gasteiger charge is -2.18. The number of hydrogen-bond acceptors (Lipinski definition) is 2. The SMILES string of the molecule is O=C(O)[C@@H]1CCN[C@@H]1C(F)(F)F. The summed E-state index contributed by atoms with van der Waals surface area (Å²) < 4.78 is 36.1. The van der Waals surface area contributed by atoms with Crippen LogP contribution in [0.25, 0.3) is 0 Å². The van der Waals surface area contributed by atoms with Gasteiger partial charge in [-0.05, 0) is 13.0 Å². The largest absolute Gasteiger partial charge is 0.481 e. The lowest BCUT2D eigenvalue weighted by molar-refractivity contribution is -0.173. The summed E-state index contributed by atoms with van der Waals surface area (Å²) in [6.07, 6.45) is -4.42. The average molecular weight is 183 g/mol. The minimum Gasteiger partial charge on any atom is -0.481 e. The van der Waals surface area contributed by atoms with Gasteiger partial charge in [-0.3, -0.25) is 4.79 Å². The molecule has 12 heavy (non-hydrogen) atoms. The second-order valence-corrected chi connectivity index (χ2v) is 2.71. The number of carboxylic acids is 1. The summed E-state index contributed by atoms with van der Waals surface area (Å²) in [5.74, 6) is -2.72. The van der Waals surface area contributed by atoms with Crippen molar-refractivity contribution < 1.29 is 23.1 Å². The van der Waals surface area contributed by atoms with E-state index in [4.69, 9.17) is 5.11 Å². The highest BCUT2D eigenvalue weighted by atomic mass is 19.4. The van der Waals surface area contributed by atoms with E-state index < -0.39 is 24.1 Å². The molecule has 0 aromatic carbocycles. The normalized spacial score (nSPS) is 30.6. The van der Waals surface area contributed by atoms with E-state index in [2.05, 4.69) is 5.32 Å². The van der Waals surface area contributed by atoms with Gasteiger partial charge in [0.15, 0.2) is 0 Å². The number of hydrogen-bond donors (Lipinski definition) is 2. The minimum atomic E-state index is -4.46. The van der Waals surface area contributed by atoms with Gasteiger partial charge in [-0.2, -0.15) is 13.2 Å². The van der Waals surface area contributed by atoms with Crippen LogP contribution >= 0.6 is 0 Å². The second kappa shape index (κ2) is 2.93. The van der Waals surface area contributed by atoms with Crippen molar-refractivity contribution in [3.8, 4) is 0 Å². The predicted octanol–water partition coefficient (Wildman–Crippen LogP) is 0.611. The minimum absolute atomic E-state index is 0.0412. The first-order valence-electron chi connectivity index (χ1n) is 3.46. The highest BCUT2D eigenvalue weighted by Crippen LogP contribution is 2.30. The molecule has 0 aromatic heterocycles. The molecule has 70 valence electrons. The third-order valence-corrected chi connectivity index (χ3v) is 1.89. The Kier molecular flexibility index (Phi) is 2.27. The molecule has 0 unspecified atom stereocenters. The van der Waals surface area contributed by atoms with Crippen molar-refractivity contribution in [2.24, 2.45) is 5.92 Å². The first-order valence-corrected chi connectivity index (χ1v) is 3.46. The molecule has 2 atom stereocenters. The summed E-state index contributed by atoms with van der Waals surface area (Å²) in [4.78, 5) is 10.3. The molecule has 0 aliphatic carbocycles. The Morgan fingerprint density at radius 2 is 2.08 bits per heavy atom. The van der Waals surface area contributed by atoms with Crippen LogP contribution in [-0.4, -0.2) is 29.8 Å². The fourth-order valence-electron chi connectivity index (χ4n) is 1.31. The van der Waals surface area contributed by atoms with Gasteiger partial charge >= 0.3 is 12.1 Å². The van der Waals surface area contributed by atoms with Gasteiger partial charge in [0.1, 0.15) is 6.04 Å². The number of halogens is 3. The predicted molar refractivity (Wildman–Crippen MR) is 33.6 cm³/mol. The van der Waals surface area contributed by atoms with Crippen LogP contribution < -0.4 is 5.32 Å². The highest BCUT2D eigenvalue weighted by molar-refractivity contribution is 5.71. The number of aliphatic carboxylic acids is 1. The summed E-state index contributed by atoms with van der Waals surface area (Å²) in [5, 5.41) is 10.5. The highest BCUT2D eigenvalue weighted by Gasteiger charge is 2.49. The first kappa shape index (κ1) is 9.31. The van der Waals surface area contributed by atoms with Crippen molar-refractivity contribution in [1.82, 2.24) is 5.32 Å². The fourth-order valence-corrected chi connectivity index (χ4v) is 1.31. The summed E-state index contributed by atoms with van der Waals surface area (Å²) in [7, 11) is 0. The van der Waals surface area contributed by atoms with E-state index in [1.165, 1.54) is 0 Å². The van der Waals surface area contributed by atoms with Gasteiger partial charge in [0.2, 0.25) is 0 Å². The van der Waals surface area contributed by atoms with E-state index in [9.17, 15) is 18.0 Å². The molecule has 3 nitrogen and oxygen atoms in total. The van der Waals surface area contributed by atoms with Gasteiger partial charge in [0.05, 0.1) is 5.92 Å². The lowest BCUT2D eigenvalue weighted by atomic mass is 10.0. The standard InChI is InChI=1S/C6H8F3NO2/c7-6(8,9)4-3(5(11)12)1-2-10-4/h3-4,10H,1-2H2,(H,11,12)/t3-,4+/m1/s1. The molecule has 0 bridgehead atoms. The van der Waals surface area contributed by atoms with Crippen molar-refractivity contribution >= 4 is 5.97 Å². The first-order chi connectivity index (χ1) is 5.43. The molecule has 1 aliphatic rings. The van der Waals surface area contributed by atoms with Gasteiger partial charge in [-0.1, -0.05) is 0 Å². The Hall–Kier alpha value is -0.780. The van der Waals surface area contributed by atoms with E-state index in [0.717, 1.165) is 0 Å². The van der Waals surface area contributed by atoms with Gasteiger partial charge in [-0.25, -0.2) is 0 Å². The van der Waals surface area contributed by atoms with Crippen molar-refractivity contribution in [2.45, 2.75) is 18.6 Å². The molecule has 1 aliphatic heterocycles. The van der Waals surface area contributed by atoms with Crippen LogP contribution in [-0.2, 0) is 4.79 Å². The topological polar surface area (TPSA) is 49.3 Å². The van der Waals surface area contributed by atoms with Gasteiger partial charge in [0, 0.05) is 0 Å². The van der Waals surface area contributed by atoms with E-state index in [1.807, 2.05) is 0 Å². The average Bonchev–Trinajstić information content (AvgIpc) is 2.30. The number of alkyl halides is 3. The molecule has 0 saturated carbocycles. The summed E-state index contributed by atoms with van der Waals surface area (Å²) in [5.41, 5.74) is 0. The fraction of sp³-hybridized carbons (Fsp3) is 0.833. The molecular formula is C6H8F3NO2. The maximum atomic E-state index is 12.0. The van der Waals surface area contributed by atoms with E-state index >= 15 is 0 Å². The molecule has 1 heterocycles. The quantitative estimate of drug-likeness (QED) is 0.626. The number of rotatable bonds is 1. The van der Waals surface area contributed by atoms with Crippen molar-refractivity contribution in [1.29, 1.82) is 0 Å². The number of carbonyl (C=O) groups is 1. The molecule has 0 spiro atoms. The third-order valence-electron chi connectivity index (χ3n) is 1.89. The maximum Gasteiger partial charge on any atom is 0.404 e. The maximum absolute atomic E-state index is 12.0. The van der Waals surface area contributed by atoms with Crippen LogP contribution in [0.5, 0.6) is 0 Å². The summed E-state index contributed by atoms with van der Waals surface area (Å²) >= 11 is 0. The Balaban J connectivity index is 2.71. The van der Waals surface area contributed by atoms with Gasteiger partial charge < -0.3 is 10.4 Å². The Morgan fingerprint density at radius 1 is 1.50 bits per heavy atom. The van der Waals surface area contributed by atoms with Crippen LogP contribution in [0.2, 0.25) is 0 Å². The molecule has 6 heteroatoms. The Morgan fingerprint density at radius 3 is 2.42 bits per heavy atom. The second-order valence-electron chi connectivity index (χ2n) is 2.71. The van der Waals surface area contributed by atoms with Crippen LogP contribution in [0.3, 0.4) is 0 Å². The van der Waals surface area contributed by atoms with Crippen molar-refractivity contribution in [3.63, 3.8) is 0 Å². The van der Waals surface area contributed by atoms with E-state index in [1.54, 1.807) is 0 Å². The molecule has 0 radical (unpaired) electrons. The molecule has 0 amide bonds. The Labute approximate surface area is 66.6 Å².